The van der Waals surface area contributed by atoms with Gasteiger partial charge in [-0.05, 0) is 12.1 Å². The fraction of sp³-hybridized carbons (Fsp3) is 0.700. The van der Waals surface area contributed by atoms with Crippen LogP contribution in [0.2, 0.25) is 0 Å². The minimum absolute atomic E-state index is 0.0334. The van der Waals surface area contributed by atoms with Crippen molar-refractivity contribution in [1.29, 1.82) is 0 Å². The van der Waals surface area contributed by atoms with Crippen LogP contribution in [0.4, 0.5) is 5.69 Å². The Bertz CT molecular complexity index is 548. The van der Waals surface area contributed by atoms with Gasteiger partial charge < -0.3 is 33.2 Å². The van der Waals surface area contributed by atoms with Gasteiger partial charge in [-0.1, -0.05) is 22.6 Å². The number of nitro benzene ring substituents is 1. The number of benzene rings is 1. The number of non-ortho nitro benzene ring substituents is 1. The van der Waals surface area contributed by atoms with Crippen LogP contribution in [0.5, 0.6) is 5.75 Å². The first-order chi connectivity index (χ1) is 15.2. The van der Waals surface area contributed by atoms with Gasteiger partial charge in [0.05, 0.1) is 84.2 Å². The Hall–Kier alpha value is -1.09. The largest absolute Gasteiger partial charge is 0.491 e. The molecule has 0 heterocycles. The van der Waals surface area contributed by atoms with Crippen LogP contribution in [0.25, 0.3) is 0 Å². The van der Waals surface area contributed by atoms with Gasteiger partial charge in [-0.2, -0.15) is 0 Å². The Morgan fingerprint density at radius 2 is 0.968 bits per heavy atom. The summed E-state index contributed by atoms with van der Waals surface area (Å²) in [6.45, 7) is 6.76. The van der Waals surface area contributed by atoms with Gasteiger partial charge in [0, 0.05) is 16.6 Å². The van der Waals surface area contributed by atoms with E-state index in [-0.39, 0.29) is 5.69 Å². The van der Waals surface area contributed by atoms with Gasteiger partial charge in [0.15, 0.2) is 0 Å². The molecule has 10 nitrogen and oxygen atoms in total. The SMILES string of the molecule is O=[N+]([O-])c1ccc(OCCOCCOCCOCCOCCOCCOCCI)cc1. The van der Waals surface area contributed by atoms with Gasteiger partial charge in [0.2, 0.25) is 0 Å². The van der Waals surface area contributed by atoms with E-state index in [9.17, 15) is 10.1 Å². The van der Waals surface area contributed by atoms with E-state index >= 15 is 0 Å². The summed E-state index contributed by atoms with van der Waals surface area (Å²) in [5.41, 5.74) is 0.0334. The van der Waals surface area contributed by atoms with Gasteiger partial charge >= 0.3 is 0 Å². The molecule has 1 aromatic rings. The second kappa shape index (κ2) is 20.8. The lowest BCUT2D eigenvalue weighted by atomic mass is 10.3. The van der Waals surface area contributed by atoms with Crippen LogP contribution in [-0.2, 0) is 28.4 Å². The maximum absolute atomic E-state index is 10.6. The quantitative estimate of drug-likeness (QED) is 0.0699. The lowest BCUT2D eigenvalue weighted by molar-refractivity contribution is -0.384. The molecule has 0 radical (unpaired) electrons. The summed E-state index contributed by atoms with van der Waals surface area (Å²) in [5, 5.41) is 10.6. The predicted octanol–water partition coefficient (Wildman–Crippen LogP) is 2.51. The number of nitrogens with zero attached hydrogens (tertiary/aromatic N) is 1. The van der Waals surface area contributed by atoms with Gasteiger partial charge in [-0.25, -0.2) is 0 Å². The molecule has 0 aliphatic rings. The lowest BCUT2D eigenvalue weighted by Gasteiger charge is -2.08. The highest BCUT2D eigenvalue weighted by atomic mass is 127. The first-order valence-corrected chi connectivity index (χ1v) is 11.7. The third kappa shape index (κ3) is 17.2. The highest BCUT2D eigenvalue weighted by Crippen LogP contribution is 2.16. The van der Waals surface area contributed by atoms with Crippen LogP contribution < -0.4 is 4.74 Å². The Kier molecular flexibility index (Phi) is 18.7. The number of hydrogen-bond donors (Lipinski definition) is 0. The molecule has 0 aliphatic carbocycles. The third-order valence-corrected chi connectivity index (χ3v) is 4.07. The minimum Gasteiger partial charge on any atom is -0.491 e. The molecule has 0 N–H and O–H groups in total. The Balaban J connectivity index is 1.75. The van der Waals surface area contributed by atoms with Crippen molar-refractivity contribution in [3.8, 4) is 5.75 Å². The molecule has 0 atom stereocenters. The number of hydrogen-bond acceptors (Lipinski definition) is 9. The number of halogens is 1. The number of alkyl halides is 1. The molecule has 0 aromatic heterocycles. The van der Waals surface area contributed by atoms with Gasteiger partial charge in [0.1, 0.15) is 12.4 Å². The fourth-order valence-electron chi connectivity index (χ4n) is 2.14. The van der Waals surface area contributed by atoms with Crippen molar-refractivity contribution < 1.29 is 38.1 Å². The van der Waals surface area contributed by atoms with Crippen LogP contribution >= 0.6 is 22.6 Å². The maximum Gasteiger partial charge on any atom is 0.269 e. The molecule has 0 fully saturated rings. The molecular weight excluding hydrogens is 525 g/mol. The zero-order valence-electron chi connectivity index (χ0n) is 17.7. The molecule has 0 unspecified atom stereocenters. The van der Waals surface area contributed by atoms with Crippen LogP contribution in [0, 0.1) is 10.1 Å². The molecule has 1 rings (SSSR count). The van der Waals surface area contributed by atoms with Crippen molar-refractivity contribution >= 4 is 28.3 Å². The normalized spacial score (nSPS) is 11.0. The van der Waals surface area contributed by atoms with Crippen molar-refractivity contribution in [1.82, 2.24) is 0 Å². The molecule has 0 saturated heterocycles. The van der Waals surface area contributed by atoms with E-state index in [1.807, 2.05) is 0 Å². The lowest BCUT2D eigenvalue weighted by Crippen LogP contribution is -2.14. The van der Waals surface area contributed by atoms with Crippen LogP contribution in [0.1, 0.15) is 0 Å². The van der Waals surface area contributed by atoms with Crippen molar-refractivity contribution in [2.45, 2.75) is 0 Å². The van der Waals surface area contributed by atoms with E-state index in [0.29, 0.717) is 85.0 Å². The summed E-state index contributed by atoms with van der Waals surface area (Å²) in [7, 11) is 0. The van der Waals surface area contributed by atoms with Crippen LogP contribution in [0.3, 0.4) is 0 Å². The highest BCUT2D eigenvalue weighted by molar-refractivity contribution is 14.1. The zero-order valence-corrected chi connectivity index (χ0v) is 19.9. The summed E-state index contributed by atoms with van der Waals surface area (Å²) in [5.74, 6) is 0.566. The van der Waals surface area contributed by atoms with E-state index in [0.717, 1.165) is 11.0 Å². The fourth-order valence-corrected chi connectivity index (χ4v) is 2.45. The third-order valence-electron chi connectivity index (χ3n) is 3.63. The average molecular weight is 557 g/mol. The maximum atomic E-state index is 10.6. The summed E-state index contributed by atoms with van der Waals surface area (Å²) in [4.78, 5) is 10.1. The molecule has 11 heteroatoms. The summed E-state index contributed by atoms with van der Waals surface area (Å²) < 4.78 is 38.7. The molecule has 1 aromatic carbocycles. The molecule has 0 spiro atoms. The topological polar surface area (TPSA) is 108 Å². The van der Waals surface area contributed by atoms with E-state index in [1.54, 1.807) is 12.1 Å². The second-order valence-corrected chi connectivity index (χ2v) is 7.04. The molecule has 31 heavy (non-hydrogen) atoms. The Morgan fingerprint density at radius 1 is 0.613 bits per heavy atom. The number of rotatable bonds is 22. The van der Waals surface area contributed by atoms with E-state index < -0.39 is 4.92 Å². The summed E-state index contributed by atoms with van der Waals surface area (Å²) >= 11 is 2.27. The molecule has 0 saturated carbocycles. The molecule has 178 valence electrons. The zero-order chi connectivity index (χ0) is 22.4. The van der Waals surface area contributed by atoms with Crippen molar-refractivity contribution in [2.75, 3.05) is 90.3 Å². The smallest absolute Gasteiger partial charge is 0.269 e. The summed E-state index contributed by atoms with van der Waals surface area (Å²) in [6, 6.07) is 5.92. The van der Waals surface area contributed by atoms with E-state index in [2.05, 4.69) is 22.6 Å². The minimum atomic E-state index is -0.449. The standard InChI is InChI=1S/C20H32INO9/c21-5-6-25-7-8-26-9-10-27-11-12-28-13-14-29-15-16-30-17-18-31-20-3-1-19(2-4-20)22(23)24/h1-4H,5-18H2. The van der Waals surface area contributed by atoms with Crippen LogP contribution in [-0.4, -0.2) is 95.2 Å². The molecular formula is C20H32INO9. The predicted molar refractivity (Wildman–Crippen MR) is 122 cm³/mol. The van der Waals surface area contributed by atoms with Crippen LogP contribution in [0.15, 0.2) is 24.3 Å². The van der Waals surface area contributed by atoms with Gasteiger partial charge in [-0.15, -0.1) is 0 Å². The molecule has 0 amide bonds. The monoisotopic (exact) mass is 557 g/mol. The molecule has 0 bridgehead atoms. The average Bonchev–Trinajstić information content (AvgIpc) is 2.78. The van der Waals surface area contributed by atoms with Crippen molar-refractivity contribution in [3.05, 3.63) is 34.4 Å². The number of ether oxygens (including phenoxy) is 7. The first kappa shape index (κ1) is 27.9. The van der Waals surface area contributed by atoms with Gasteiger partial charge in [-0.3, -0.25) is 10.1 Å². The Labute approximate surface area is 196 Å². The van der Waals surface area contributed by atoms with Crippen molar-refractivity contribution in [3.63, 3.8) is 0 Å². The molecule has 0 aliphatic heterocycles. The first-order valence-electron chi connectivity index (χ1n) is 10.1. The van der Waals surface area contributed by atoms with Gasteiger partial charge in [0.25, 0.3) is 5.69 Å². The second-order valence-electron chi connectivity index (χ2n) is 5.96. The summed E-state index contributed by atoms with van der Waals surface area (Å²) in [6.07, 6.45) is 0. The number of nitro groups is 1. The van der Waals surface area contributed by atoms with E-state index in [4.69, 9.17) is 33.2 Å². The highest BCUT2D eigenvalue weighted by Gasteiger charge is 2.04. The van der Waals surface area contributed by atoms with Crippen molar-refractivity contribution in [2.24, 2.45) is 0 Å². The Morgan fingerprint density at radius 3 is 1.32 bits per heavy atom. The van der Waals surface area contributed by atoms with E-state index in [1.165, 1.54) is 12.1 Å².